The highest BCUT2D eigenvalue weighted by molar-refractivity contribution is 5.92. The molecule has 16 nitrogen and oxygen atoms in total. The lowest BCUT2D eigenvalue weighted by Gasteiger charge is -2.44. The number of rotatable bonds is 22. The average Bonchev–Trinajstić information content (AvgIpc) is 3.46. The SMILES string of the molecule is CCCCCC(=O)Oc1ccc(-c2cc(=O)c3c(OC(=O)CCCCC)cc(O[C@@H]4O[C@H](COC(=O)c5ccccc5)[C@@H](OC(=O)c5ccccc5)[C@H](OC(=O)c5ccccc5)[C@H]4OC(=O)c4ccccc4)cc3o2)cc1. The van der Waals surface area contributed by atoms with Gasteiger partial charge >= 0.3 is 35.8 Å². The standard InChI is InChI=1S/C61H56O16/c1-3-5-11-29-51(63)70-44-33-31-39(32-34-44)47-37-46(62)53-48(72-47)35-45(36-49(53)73-52(64)30-12-6-4-2)71-61-56(77-60(68)43-27-19-10-20-28-43)55(76-59(67)42-25-17-9-18-26-42)54(75-58(66)41-23-15-8-16-24-41)50(74-61)38-69-57(65)40-21-13-7-14-22-40/h7-10,13-28,31-37,50,54-56,61H,3-6,11-12,29-30,38H2,1-2H3/t50-,54-,55+,56-,61-/m1/s1. The van der Waals surface area contributed by atoms with E-state index in [-0.39, 0.29) is 69.3 Å². The summed E-state index contributed by atoms with van der Waals surface area (Å²) in [6.07, 6.45) is -3.67. The zero-order valence-electron chi connectivity index (χ0n) is 42.4. The van der Waals surface area contributed by atoms with Gasteiger partial charge in [0.2, 0.25) is 12.4 Å². The first-order valence-electron chi connectivity index (χ1n) is 25.4. The lowest BCUT2D eigenvalue weighted by Crippen LogP contribution is -2.63. The molecule has 8 rings (SSSR count). The first-order chi connectivity index (χ1) is 37.5. The topological polar surface area (TPSA) is 206 Å². The largest absolute Gasteiger partial charge is 0.460 e. The van der Waals surface area contributed by atoms with Crippen LogP contribution in [0.1, 0.15) is 107 Å². The normalized spacial score (nSPS) is 16.8. The number of benzene rings is 6. The molecule has 77 heavy (non-hydrogen) atoms. The van der Waals surface area contributed by atoms with Crippen molar-refractivity contribution in [2.75, 3.05) is 6.61 Å². The highest BCUT2D eigenvalue weighted by Gasteiger charge is 2.54. The van der Waals surface area contributed by atoms with Crippen LogP contribution in [0.15, 0.2) is 173 Å². The van der Waals surface area contributed by atoms with E-state index in [0.29, 0.717) is 24.2 Å². The molecule has 0 N–H and O–H groups in total. The van der Waals surface area contributed by atoms with Crippen LogP contribution in [0.2, 0.25) is 0 Å². The van der Waals surface area contributed by atoms with E-state index in [4.69, 9.17) is 42.3 Å². The molecule has 0 unspecified atom stereocenters. The minimum Gasteiger partial charge on any atom is -0.460 e. The second kappa shape index (κ2) is 26.5. The predicted octanol–water partition coefficient (Wildman–Crippen LogP) is 11.1. The van der Waals surface area contributed by atoms with Crippen LogP contribution < -0.4 is 19.6 Å². The van der Waals surface area contributed by atoms with Crippen molar-refractivity contribution in [3.63, 3.8) is 0 Å². The van der Waals surface area contributed by atoms with Gasteiger partial charge in [0, 0.05) is 36.6 Å². The third-order valence-electron chi connectivity index (χ3n) is 12.3. The number of carbonyl (C=O) groups is 6. The van der Waals surface area contributed by atoms with Crippen molar-refractivity contribution >= 4 is 46.8 Å². The fourth-order valence-electron chi connectivity index (χ4n) is 8.36. The van der Waals surface area contributed by atoms with Crippen LogP contribution in [0.5, 0.6) is 17.2 Å². The first-order valence-corrected chi connectivity index (χ1v) is 25.4. The number of hydrogen-bond acceptors (Lipinski definition) is 16. The Morgan fingerprint density at radius 2 is 0.974 bits per heavy atom. The van der Waals surface area contributed by atoms with Crippen molar-refractivity contribution < 1.29 is 71.1 Å². The van der Waals surface area contributed by atoms with Crippen molar-refractivity contribution in [3.8, 4) is 28.6 Å². The van der Waals surface area contributed by atoms with Gasteiger partial charge in [-0.1, -0.05) is 112 Å². The Morgan fingerprint density at radius 3 is 1.49 bits per heavy atom. The van der Waals surface area contributed by atoms with Crippen molar-refractivity contribution in [1.29, 1.82) is 0 Å². The molecule has 6 aromatic carbocycles. The second-order valence-electron chi connectivity index (χ2n) is 18.0. The number of unbranched alkanes of at least 4 members (excludes halogenated alkanes) is 4. The maximum Gasteiger partial charge on any atom is 0.338 e. The zero-order chi connectivity index (χ0) is 54.1. The third kappa shape index (κ3) is 14.5. The van der Waals surface area contributed by atoms with Crippen LogP contribution in [0, 0.1) is 0 Å². The van der Waals surface area contributed by atoms with E-state index in [1.807, 2.05) is 13.8 Å². The fraction of sp³-hybridized carbons (Fsp3) is 0.262. The maximum absolute atomic E-state index is 14.2. The minimum absolute atomic E-state index is 0.0174. The van der Waals surface area contributed by atoms with E-state index in [0.717, 1.165) is 25.7 Å². The van der Waals surface area contributed by atoms with Crippen LogP contribution in [0.3, 0.4) is 0 Å². The molecule has 1 fully saturated rings. The molecule has 2 heterocycles. The van der Waals surface area contributed by atoms with E-state index in [1.54, 1.807) is 97.1 Å². The molecule has 0 radical (unpaired) electrons. The molecule has 0 saturated carbocycles. The van der Waals surface area contributed by atoms with Crippen LogP contribution in [0.25, 0.3) is 22.3 Å². The molecule has 16 heteroatoms. The van der Waals surface area contributed by atoms with E-state index in [1.165, 1.54) is 66.7 Å². The van der Waals surface area contributed by atoms with E-state index >= 15 is 0 Å². The van der Waals surface area contributed by atoms with Crippen molar-refractivity contribution in [2.45, 2.75) is 95.9 Å². The lowest BCUT2D eigenvalue weighted by atomic mass is 9.97. The summed E-state index contributed by atoms with van der Waals surface area (Å²) in [6, 6.07) is 42.0. The van der Waals surface area contributed by atoms with Crippen molar-refractivity contribution in [3.05, 3.63) is 196 Å². The van der Waals surface area contributed by atoms with Gasteiger partial charge in [-0.25, -0.2) is 19.2 Å². The van der Waals surface area contributed by atoms with Crippen LogP contribution >= 0.6 is 0 Å². The Labute approximate surface area is 443 Å². The van der Waals surface area contributed by atoms with Crippen molar-refractivity contribution in [2.24, 2.45) is 0 Å². The van der Waals surface area contributed by atoms with Gasteiger partial charge < -0.3 is 42.3 Å². The molecule has 0 amide bonds. The molecule has 1 aliphatic heterocycles. The molecule has 396 valence electrons. The van der Waals surface area contributed by atoms with Gasteiger partial charge in [-0.3, -0.25) is 14.4 Å². The third-order valence-corrected chi connectivity index (χ3v) is 12.3. The van der Waals surface area contributed by atoms with E-state index in [9.17, 15) is 33.6 Å². The van der Waals surface area contributed by atoms with Gasteiger partial charge in [0.05, 0.1) is 22.3 Å². The fourth-order valence-corrected chi connectivity index (χ4v) is 8.36. The summed E-state index contributed by atoms with van der Waals surface area (Å²) in [7, 11) is 0. The quantitative estimate of drug-likeness (QED) is 0.0268. The Kier molecular flexibility index (Phi) is 18.7. The average molecular weight is 1050 g/mol. The summed E-state index contributed by atoms with van der Waals surface area (Å²) < 4.78 is 55.4. The molecule has 1 saturated heterocycles. The monoisotopic (exact) mass is 1040 g/mol. The van der Waals surface area contributed by atoms with Crippen LogP contribution in [0.4, 0.5) is 0 Å². The zero-order valence-corrected chi connectivity index (χ0v) is 42.4. The van der Waals surface area contributed by atoms with Gasteiger partial charge in [0.25, 0.3) is 0 Å². The lowest BCUT2D eigenvalue weighted by molar-refractivity contribution is -0.275. The highest BCUT2D eigenvalue weighted by atomic mass is 16.7. The minimum atomic E-state index is -1.82. The molecule has 5 atom stereocenters. The van der Waals surface area contributed by atoms with Gasteiger partial charge in [-0.05, 0) is 85.6 Å². The first kappa shape index (κ1) is 54.4. The van der Waals surface area contributed by atoms with Gasteiger partial charge in [-0.2, -0.15) is 0 Å². The molecule has 0 spiro atoms. The Morgan fingerprint density at radius 1 is 0.494 bits per heavy atom. The highest BCUT2D eigenvalue weighted by Crippen LogP contribution is 2.37. The van der Waals surface area contributed by atoms with E-state index in [2.05, 4.69) is 0 Å². The Balaban J connectivity index is 1.23. The van der Waals surface area contributed by atoms with Crippen molar-refractivity contribution in [1.82, 2.24) is 0 Å². The smallest absolute Gasteiger partial charge is 0.338 e. The summed E-state index contributed by atoms with van der Waals surface area (Å²) in [5.41, 5.74) is 0.159. The van der Waals surface area contributed by atoms with Gasteiger partial charge in [0.15, 0.2) is 17.6 Å². The Bertz CT molecular complexity index is 3200. The number of carbonyl (C=O) groups excluding carboxylic acids is 6. The summed E-state index contributed by atoms with van der Waals surface area (Å²) in [4.78, 5) is 96.2. The number of esters is 6. The summed E-state index contributed by atoms with van der Waals surface area (Å²) >= 11 is 0. The number of fused-ring (bicyclic) bond motifs is 1. The van der Waals surface area contributed by atoms with Gasteiger partial charge in [-0.15, -0.1) is 0 Å². The molecule has 1 aliphatic rings. The molecular weight excluding hydrogens is 989 g/mol. The summed E-state index contributed by atoms with van der Waals surface area (Å²) in [5, 5.41) is -0.118. The second-order valence-corrected chi connectivity index (χ2v) is 18.0. The maximum atomic E-state index is 14.2. The molecule has 1 aromatic heterocycles. The number of ether oxygens (including phenoxy) is 8. The molecule has 7 aromatic rings. The number of hydrogen-bond donors (Lipinski definition) is 0. The predicted molar refractivity (Wildman–Crippen MR) is 280 cm³/mol. The van der Waals surface area contributed by atoms with Crippen LogP contribution in [-0.2, 0) is 33.3 Å². The summed E-state index contributed by atoms with van der Waals surface area (Å²) in [5.74, 6) is -4.59. The van der Waals surface area contributed by atoms with Gasteiger partial charge in [0.1, 0.15) is 46.7 Å². The Hall–Kier alpha value is -8.89. The van der Waals surface area contributed by atoms with Crippen LogP contribution in [-0.4, -0.2) is 73.1 Å². The molecule has 0 bridgehead atoms. The summed E-state index contributed by atoms with van der Waals surface area (Å²) in [6.45, 7) is 3.39. The molecule has 0 aliphatic carbocycles. The van der Waals surface area contributed by atoms with E-state index < -0.39 is 72.6 Å². The molecular formula is C61H56O16.